The number of carbonyl (C=O) groups is 10. The van der Waals surface area contributed by atoms with Gasteiger partial charge in [-0.05, 0) is 55.2 Å². The Kier molecular flexibility index (Phi) is 23.3. The monoisotopic (exact) mass is 981 g/mol. The van der Waals surface area contributed by atoms with Gasteiger partial charge in [-0.1, -0.05) is 46.2 Å². The summed E-state index contributed by atoms with van der Waals surface area (Å²) in [7, 11) is -3.08. The van der Waals surface area contributed by atoms with E-state index in [9.17, 15) is 66.6 Å². The third-order valence-electron chi connectivity index (χ3n) is 10.8. The second-order valence-corrected chi connectivity index (χ2v) is 19.5. The highest BCUT2D eigenvalue weighted by Gasteiger charge is 2.36. The topological polar surface area (TPSA) is 411 Å². The molecule has 1 fully saturated rings. The molecule has 1 heterocycles. The third-order valence-corrected chi connectivity index (χ3v) is 12.5. The fourth-order valence-electron chi connectivity index (χ4n) is 6.89. The fourth-order valence-corrected chi connectivity index (χ4v) is 8.27. The number of hydrogen-bond acceptors (Lipinski definition) is 15. The number of sulfone groups is 1. The van der Waals surface area contributed by atoms with Crippen LogP contribution in [0.4, 0.5) is 0 Å². The molecular formula is C42H67N11O14S. The molecule has 1 aromatic carbocycles. The molecule has 0 bridgehead atoms. The number of phenolic OH excluding ortho intramolecular Hbond substituents is 1. The standard InChI is InChI=1S/C42H67N11O14S/c1-6-23(4)36-41(64)49-26(11-12-31(43)55)38(61)51-30(19-32(44)56)39(62)50-27(42(65)53(5)21-35(59)48-28(17-22(2)3)37(60)46-20-33(45)57)13-15-68(66,67)16-14-34(58)47-29(40(63)52-36)18-24-7-9-25(54)10-8-24/h7-10,22-23,26-30,34,36,47,54,58H,6,11-21H2,1-5H3,(H2,43,55)(H2,44,56)(H2,45,57)(H,46,60)(H,48,59)(H,49,64)(H,50,62)(H,51,61)(H,52,63)/t23-,26-,27-,28-,29+,30-,34?,36-/m0/s1. The molecule has 0 spiro atoms. The van der Waals surface area contributed by atoms with E-state index in [1.807, 2.05) is 0 Å². The number of likely N-dealkylation sites (N-methyl/N-ethyl adjacent to an activating group) is 1. The predicted octanol–water partition coefficient (Wildman–Crippen LogP) is -4.86. The predicted molar refractivity (Wildman–Crippen MR) is 243 cm³/mol. The highest BCUT2D eigenvalue weighted by atomic mass is 32.2. The van der Waals surface area contributed by atoms with E-state index in [1.165, 1.54) is 24.3 Å². The van der Waals surface area contributed by atoms with Crippen molar-refractivity contribution < 1.29 is 66.6 Å². The van der Waals surface area contributed by atoms with Crippen molar-refractivity contribution in [3.8, 4) is 5.75 Å². The van der Waals surface area contributed by atoms with Crippen molar-refractivity contribution in [2.75, 3.05) is 31.6 Å². The number of phenols is 1. The molecule has 380 valence electrons. The molecule has 0 aromatic heterocycles. The molecule has 0 radical (unpaired) electrons. The zero-order valence-corrected chi connectivity index (χ0v) is 39.7. The van der Waals surface area contributed by atoms with Gasteiger partial charge >= 0.3 is 0 Å². The molecule has 1 saturated heterocycles. The minimum atomic E-state index is -4.21. The summed E-state index contributed by atoms with van der Waals surface area (Å²) in [4.78, 5) is 132. The van der Waals surface area contributed by atoms with Crippen LogP contribution in [-0.2, 0) is 64.2 Å². The van der Waals surface area contributed by atoms with Crippen LogP contribution >= 0.6 is 0 Å². The first-order valence-corrected chi connectivity index (χ1v) is 23.8. The maximum atomic E-state index is 14.0. The van der Waals surface area contributed by atoms with Gasteiger partial charge < -0.3 is 64.2 Å². The molecule has 2 rings (SSSR count). The third kappa shape index (κ3) is 20.6. The van der Waals surface area contributed by atoms with Crippen molar-refractivity contribution in [2.45, 2.75) is 122 Å². The van der Waals surface area contributed by atoms with Gasteiger partial charge in [-0.2, -0.15) is 0 Å². The number of primary amides is 3. The highest BCUT2D eigenvalue weighted by molar-refractivity contribution is 7.91. The minimum Gasteiger partial charge on any atom is -0.508 e. The molecular weight excluding hydrogens is 915 g/mol. The lowest BCUT2D eigenvalue weighted by molar-refractivity contribution is -0.140. The molecule has 0 saturated carbocycles. The number of hydrogen-bond donors (Lipinski definition) is 12. The lowest BCUT2D eigenvalue weighted by Crippen LogP contribution is -2.61. The number of carbonyl (C=O) groups excluding carboxylic acids is 10. The van der Waals surface area contributed by atoms with E-state index in [4.69, 9.17) is 17.2 Å². The van der Waals surface area contributed by atoms with Crippen LogP contribution in [0.1, 0.15) is 78.2 Å². The number of nitrogens with one attached hydrogen (secondary N) is 7. The maximum absolute atomic E-state index is 14.0. The van der Waals surface area contributed by atoms with Crippen molar-refractivity contribution in [1.82, 2.24) is 42.1 Å². The van der Waals surface area contributed by atoms with Crippen LogP contribution in [0.25, 0.3) is 0 Å². The number of benzene rings is 1. The summed E-state index contributed by atoms with van der Waals surface area (Å²) in [5.41, 5.74) is 16.4. The fraction of sp³-hybridized carbons (Fsp3) is 0.619. The second-order valence-electron chi connectivity index (χ2n) is 17.2. The van der Waals surface area contributed by atoms with Crippen molar-refractivity contribution >= 4 is 68.9 Å². The summed E-state index contributed by atoms with van der Waals surface area (Å²) in [6.07, 6.45) is -4.33. The Labute approximate surface area is 394 Å². The lowest BCUT2D eigenvalue weighted by Gasteiger charge is -2.30. The van der Waals surface area contributed by atoms with Gasteiger partial charge in [-0.25, -0.2) is 8.42 Å². The largest absolute Gasteiger partial charge is 0.508 e. The molecule has 1 unspecified atom stereocenters. The first kappa shape index (κ1) is 57.7. The van der Waals surface area contributed by atoms with Gasteiger partial charge in [0.2, 0.25) is 59.1 Å². The molecule has 26 heteroatoms. The Morgan fingerprint density at radius 3 is 1.97 bits per heavy atom. The van der Waals surface area contributed by atoms with E-state index in [2.05, 4.69) is 37.2 Å². The van der Waals surface area contributed by atoms with Gasteiger partial charge in [-0.3, -0.25) is 53.3 Å². The van der Waals surface area contributed by atoms with Crippen LogP contribution in [-0.4, -0.2) is 157 Å². The van der Waals surface area contributed by atoms with Crippen LogP contribution in [0.3, 0.4) is 0 Å². The van der Waals surface area contributed by atoms with Gasteiger partial charge in [0.15, 0.2) is 9.84 Å². The van der Waals surface area contributed by atoms with Gasteiger partial charge in [0.25, 0.3) is 0 Å². The van der Waals surface area contributed by atoms with E-state index < -0.39 is 174 Å². The molecule has 8 atom stereocenters. The van der Waals surface area contributed by atoms with E-state index in [-0.39, 0.29) is 24.5 Å². The molecule has 1 aliphatic heterocycles. The van der Waals surface area contributed by atoms with Crippen LogP contribution < -0.4 is 54.4 Å². The first-order chi connectivity index (χ1) is 31.7. The molecule has 15 N–H and O–H groups in total. The Balaban J connectivity index is 2.64. The van der Waals surface area contributed by atoms with Crippen molar-refractivity contribution in [3.63, 3.8) is 0 Å². The maximum Gasteiger partial charge on any atom is 0.245 e. The Morgan fingerprint density at radius 1 is 0.809 bits per heavy atom. The number of nitrogens with two attached hydrogens (primary N) is 3. The SMILES string of the molecule is CC[C@H](C)[C@@H]1NC(=O)[C@@H](Cc2ccc(O)cc2)NC(O)CCS(=O)(=O)CC[C@@H](C(=O)N(C)CC(=O)N[C@@H](CC(C)C)C(=O)NCC(N)=O)NC(=O)[C@H](CC(N)=O)NC(=O)[C@H](CCC(N)=O)NC1=O. The Morgan fingerprint density at radius 2 is 1.40 bits per heavy atom. The average Bonchev–Trinajstić information content (AvgIpc) is 3.25. The summed E-state index contributed by atoms with van der Waals surface area (Å²) in [5.74, 6) is -11.9. The van der Waals surface area contributed by atoms with E-state index in [1.54, 1.807) is 27.7 Å². The number of aliphatic hydroxyl groups excluding tert-OH is 1. The Bertz CT molecular complexity index is 2090. The van der Waals surface area contributed by atoms with Crippen molar-refractivity contribution in [1.29, 1.82) is 0 Å². The minimum absolute atomic E-state index is 0.0754. The van der Waals surface area contributed by atoms with Gasteiger partial charge in [0, 0.05) is 19.9 Å². The van der Waals surface area contributed by atoms with E-state index in [0.717, 1.165) is 11.9 Å². The molecule has 25 nitrogen and oxygen atoms in total. The van der Waals surface area contributed by atoms with E-state index >= 15 is 0 Å². The smallest absolute Gasteiger partial charge is 0.245 e. The number of aliphatic hydroxyl groups is 1. The molecule has 0 aliphatic carbocycles. The van der Waals surface area contributed by atoms with Crippen molar-refractivity contribution in [3.05, 3.63) is 29.8 Å². The number of aromatic hydroxyl groups is 1. The summed E-state index contributed by atoms with van der Waals surface area (Å²) in [5, 5.41) is 38.1. The van der Waals surface area contributed by atoms with Crippen LogP contribution in [0.15, 0.2) is 24.3 Å². The summed E-state index contributed by atoms with van der Waals surface area (Å²) >= 11 is 0. The highest BCUT2D eigenvalue weighted by Crippen LogP contribution is 2.15. The average molecular weight is 982 g/mol. The van der Waals surface area contributed by atoms with Gasteiger partial charge in [0.1, 0.15) is 42.2 Å². The van der Waals surface area contributed by atoms with Crippen molar-refractivity contribution in [2.24, 2.45) is 29.0 Å². The number of nitrogens with zero attached hydrogens (tertiary/aromatic N) is 1. The molecule has 1 aromatic rings. The lowest BCUT2D eigenvalue weighted by atomic mass is 9.96. The number of rotatable bonds is 18. The summed E-state index contributed by atoms with van der Waals surface area (Å²) in [6.45, 7) is 5.60. The van der Waals surface area contributed by atoms with E-state index in [0.29, 0.717) is 12.0 Å². The summed E-state index contributed by atoms with van der Waals surface area (Å²) < 4.78 is 27.0. The van der Waals surface area contributed by atoms with Crippen LogP contribution in [0.5, 0.6) is 5.75 Å². The zero-order valence-electron chi connectivity index (χ0n) is 38.9. The molecule has 10 amide bonds. The zero-order chi connectivity index (χ0) is 51.5. The quantitative estimate of drug-likeness (QED) is 0.0656. The normalized spacial score (nSPS) is 23.0. The second kappa shape index (κ2) is 27.4. The van der Waals surface area contributed by atoms with Gasteiger partial charge in [0.05, 0.1) is 37.1 Å². The molecule has 1 aliphatic rings. The van der Waals surface area contributed by atoms with Gasteiger partial charge in [-0.15, -0.1) is 0 Å². The molecule has 68 heavy (non-hydrogen) atoms. The van der Waals surface area contributed by atoms with Crippen LogP contribution in [0.2, 0.25) is 0 Å². The first-order valence-electron chi connectivity index (χ1n) is 22.0. The Hall–Kier alpha value is -6.41. The van der Waals surface area contributed by atoms with Crippen LogP contribution in [0, 0.1) is 11.8 Å². The summed E-state index contributed by atoms with van der Waals surface area (Å²) in [6, 6.07) is -3.42. The number of amides is 10.